The smallest absolute Gasteiger partial charge is 0.303 e. The lowest BCUT2D eigenvalue weighted by Crippen LogP contribution is -2.63. The molecule has 0 unspecified atom stereocenters. The Morgan fingerprint density at radius 3 is 1.95 bits per heavy atom. The fourth-order valence-corrected chi connectivity index (χ4v) is 4.39. The Bertz CT molecular complexity index is 1290. The van der Waals surface area contributed by atoms with Gasteiger partial charge in [-0.15, -0.1) is 0 Å². The first-order valence-electron chi connectivity index (χ1n) is 12.4. The monoisotopic (exact) mass is 636 g/mol. The van der Waals surface area contributed by atoms with Crippen LogP contribution in [0.25, 0.3) is 0 Å². The summed E-state index contributed by atoms with van der Waals surface area (Å²) in [5.41, 5.74) is 0.789. The van der Waals surface area contributed by atoms with Gasteiger partial charge in [0, 0.05) is 44.7 Å². The molecule has 1 saturated heterocycles. The largest absolute Gasteiger partial charge is 0.507 e. The van der Waals surface area contributed by atoms with Crippen LogP contribution in [0.15, 0.2) is 46.9 Å². The van der Waals surface area contributed by atoms with Crippen LogP contribution in [0.2, 0.25) is 0 Å². The molecule has 1 N–H and O–H groups in total. The molecule has 2 aromatic carbocycles. The molecule has 0 radical (unpaired) electrons. The molecule has 1 aliphatic heterocycles. The van der Waals surface area contributed by atoms with E-state index < -0.39 is 61.2 Å². The van der Waals surface area contributed by atoms with Crippen LogP contribution in [0.4, 0.5) is 0 Å². The fraction of sp³-hybridized carbons (Fsp3) is 0.393. The highest BCUT2D eigenvalue weighted by Gasteiger charge is 2.53. The molecule has 0 spiro atoms. The van der Waals surface area contributed by atoms with E-state index in [2.05, 4.69) is 15.9 Å². The lowest BCUT2D eigenvalue weighted by molar-refractivity contribution is -0.288. The molecule has 1 aliphatic rings. The normalized spacial score (nSPS) is 21.7. The van der Waals surface area contributed by atoms with Crippen molar-refractivity contribution in [3.63, 3.8) is 0 Å². The SMILES string of the molecule is CC(=O)OC[C@@H]1O[C@H](Oc2ccc(C(=O)Cc3ccc(Br)cc3)c(O)c2)[C@H](OC(C)=O)[C@@H](OC(C)=O)[C@H]1OC(C)=O. The van der Waals surface area contributed by atoms with Crippen molar-refractivity contribution in [2.45, 2.75) is 64.8 Å². The van der Waals surface area contributed by atoms with Gasteiger partial charge < -0.3 is 33.5 Å². The third kappa shape index (κ3) is 9.02. The second kappa shape index (κ2) is 14.1. The number of carbonyl (C=O) groups is 5. The Balaban J connectivity index is 1.90. The van der Waals surface area contributed by atoms with Gasteiger partial charge in [-0.25, -0.2) is 0 Å². The maximum Gasteiger partial charge on any atom is 0.303 e. The van der Waals surface area contributed by atoms with Crippen molar-refractivity contribution in [1.29, 1.82) is 0 Å². The van der Waals surface area contributed by atoms with Crippen molar-refractivity contribution in [1.82, 2.24) is 0 Å². The van der Waals surface area contributed by atoms with E-state index in [1.807, 2.05) is 0 Å². The van der Waals surface area contributed by atoms with Crippen molar-refractivity contribution in [2.24, 2.45) is 0 Å². The number of ether oxygens (including phenoxy) is 6. The second-order valence-electron chi connectivity index (χ2n) is 9.09. The van der Waals surface area contributed by atoms with Crippen molar-refractivity contribution in [3.8, 4) is 11.5 Å². The minimum Gasteiger partial charge on any atom is -0.507 e. The number of Topliss-reactive ketones (excluding diaryl/α,β-unsaturated/α-hetero) is 1. The number of phenolic OH excluding ortho intramolecular Hbond substituents is 1. The molecule has 220 valence electrons. The predicted octanol–water partition coefficient (Wildman–Crippen LogP) is 3.04. The standard InChI is InChI=1S/C28H29BrO12/c1-14(30)36-13-24-25(37-15(2)31)26(38-16(3)32)27(39-17(4)33)28(41-24)40-20-9-10-21(23(35)12-20)22(34)11-18-5-7-19(29)8-6-18/h5-10,12,24-28,35H,11,13H2,1-4H3/t24-,25-,26-,27+,28-/m0/s1. The summed E-state index contributed by atoms with van der Waals surface area (Å²) in [5.74, 6) is -3.73. The zero-order chi connectivity index (χ0) is 30.3. The van der Waals surface area contributed by atoms with Crippen molar-refractivity contribution < 1.29 is 57.5 Å². The quantitative estimate of drug-likeness (QED) is 0.231. The van der Waals surface area contributed by atoms with Gasteiger partial charge in [-0.05, 0) is 29.8 Å². The zero-order valence-electron chi connectivity index (χ0n) is 22.7. The minimum atomic E-state index is -1.49. The molecule has 0 saturated carbocycles. The van der Waals surface area contributed by atoms with E-state index in [1.165, 1.54) is 18.2 Å². The van der Waals surface area contributed by atoms with Gasteiger partial charge in [0.2, 0.25) is 12.4 Å². The van der Waals surface area contributed by atoms with E-state index in [4.69, 9.17) is 28.4 Å². The maximum atomic E-state index is 12.8. The van der Waals surface area contributed by atoms with Crippen molar-refractivity contribution >= 4 is 45.6 Å². The van der Waals surface area contributed by atoms with Crippen LogP contribution in [0.5, 0.6) is 11.5 Å². The van der Waals surface area contributed by atoms with Crippen LogP contribution >= 0.6 is 15.9 Å². The van der Waals surface area contributed by atoms with Gasteiger partial charge in [-0.3, -0.25) is 24.0 Å². The minimum absolute atomic E-state index is 0.00333. The third-order valence-corrected chi connectivity index (χ3v) is 6.28. The predicted molar refractivity (Wildman–Crippen MR) is 143 cm³/mol. The Hall–Kier alpha value is -3.97. The molecule has 5 atom stereocenters. The van der Waals surface area contributed by atoms with E-state index in [0.29, 0.717) is 0 Å². The van der Waals surface area contributed by atoms with Crippen LogP contribution in [0.3, 0.4) is 0 Å². The van der Waals surface area contributed by atoms with E-state index >= 15 is 0 Å². The lowest BCUT2D eigenvalue weighted by atomic mass is 9.98. The van der Waals surface area contributed by atoms with Crippen LogP contribution in [-0.2, 0) is 49.3 Å². The summed E-state index contributed by atoms with van der Waals surface area (Å²) in [7, 11) is 0. The molecule has 12 nitrogen and oxygen atoms in total. The Labute approximate surface area is 243 Å². The highest BCUT2D eigenvalue weighted by molar-refractivity contribution is 9.10. The Morgan fingerprint density at radius 1 is 0.805 bits per heavy atom. The molecular formula is C28H29BrO12. The van der Waals surface area contributed by atoms with Crippen LogP contribution in [0, 0.1) is 0 Å². The first kappa shape index (κ1) is 31.6. The zero-order valence-corrected chi connectivity index (χ0v) is 24.2. The summed E-state index contributed by atoms with van der Waals surface area (Å²) in [5, 5.41) is 10.6. The number of ketones is 1. The molecule has 0 aromatic heterocycles. The molecule has 0 bridgehead atoms. The molecular weight excluding hydrogens is 608 g/mol. The van der Waals surface area contributed by atoms with Gasteiger partial charge in [0.25, 0.3) is 0 Å². The van der Waals surface area contributed by atoms with E-state index in [-0.39, 0.29) is 29.3 Å². The fourth-order valence-electron chi connectivity index (χ4n) is 4.12. The van der Waals surface area contributed by atoms with Crippen LogP contribution in [0.1, 0.15) is 43.6 Å². The van der Waals surface area contributed by atoms with Gasteiger partial charge in [-0.2, -0.15) is 0 Å². The summed E-state index contributed by atoms with van der Waals surface area (Å²) in [6.07, 6.45) is -6.86. The van der Waals surface area contributed by atoms with Gasteiger partial charge >= 0.3 is 23.9 Å². The number of aromatic hydroxyl groups is 1. The third-order valence-electron chi connectivity index (χ3n) is 5.75. The first-order valence-corrected chi connectivity index (χ1v) is 13.2. The average Bonchev–Trinajstić information content (AvgIpc) is 2.87. The Kier molecular flexibility index (Phi) is 10.8. The molecule has 13 heteroatoms. The molecule has 41 heavy (non-hydrogen) atoms. The highest BCUT2D eigenvalue weighted by Crippen LogP contribution is 2.33. The number of hydrogen-bond acceptors (Lipinski definition) is 12. The number of rotatable bonds is 10. The lowest BCUT2D eigenvalue weighted by Gasteiger charge is -2.43. The number of halogens is 1. The molecule has 0 aliphatic carbocycles. The van der Waals surface area contributed by atoms with Gasteiger partial charge in [0.1, 0.15) is 24.2 Å². The van der Waals surface area contributed by atoms with Crippen molar-refractivity contribution in [2.75, 3.05) is 6.61 Å². The average molecular weight is 637 g/mol. The van der Waals surface area contributed by atoms with E-state index in [0.717, 1.165) is 37.7 Å². The van der Waals surface area contributed by atoms with Gasteiger partial charge in [0.15, 0.2) is 18.0 Å². The summed E-state index contributed by atoms with van der Waals surface area (Å²) in [6.45, 7) is 4.05. The number of benzene rings is 2. The molecule has 2 aromatic rings. The molecule has 1 heterocycles. The van der Waals surface area contributed by atoms with Crippen LogP contribution in [-0.4, -0.2) is 72.1 Å². The molecule has 3 rings (SSSR count). The number of hydrogen-bond donors (Lipinski definition) is 1. The Morgan fingerprint density at radius 2 is 1.39 bits per heavy atom. The molecule has 1 fully saturated rings. The van der Waals surface area contributed by atoms with Crippen molar-refractivity contribution in [3.05, 3.63) is 58.1 Å². The first-order chi connectivity index (χ1) is 19.3. The van der Waals surface area contributed by atoms with Crippen LogP contribution < -0.4 is 4.74 Å². The second-order valence-corrected chi connectivity index (χ2v) is 10.0. The highest BCUT2D eigenvalue weighted by atomic mass is 79.9. The number of phenols is 1. The summed E-state index contributed by atoms with van der Waals surface area (Å²) < 4.78 is 33.7. The number of carbonyl (C=O) groups excluding carboxylic acids is 5. The van der Waals surface area contributed by atoms with Gasteiger partial charge in [0.05, 0.1) is 5.56 Å². The van der Waals surface area contributed by atoms with Gasteiger partial charge in [-0.1, -0.05) is 28.1 Å². The summed E-state index contributed by atoms with van der Waals surface area (Å²) >= 11 is 3.34. The topological polar surface area (TPSA) is 161 Å². The summed E-state index contributed by atoms with van der Waals surface area (Å²) in [4.78, 5) is 60.1. The number of esters is 4. The summed E-state index contributed by atoms with van der Waals surface area (Å²) in [6, 6.07) is 11.1. The molecule has 0 amide bonds. The van der Waals surface area contributed by atoms with E-state index in [1.54, 1.807) is 24.3 Å². The van der Waals surface area contributed by atoms with E-state index in [9.17, 15) is 29.1 Å². The maximum absolute atomic E-state index is 12.8.